The van der Waals surface area contributed by atoms with Crippen molar-refractivity contribution in [1.29, 1.82) is 0 Å². The molecule has 0 saturated heterocycles. The Morgan fingerprint density at radius 3 is 1.75 bits per heavy atom. The van der Waals surface area contributed by atoms with E-state index in [9.17, 15) is 0 Å². The Morgan fingerprint density at radius 1 is 1.00 bits per heavy atom. The van der Waals surface area contributed by atoms with E-state index in [1.165, 1.54) is 4.46 Å². The second kappa shape index (κ2) is 4.19. The third-order valence-electron chi connectivity index (χ3n) is 0.743. The summed E-state index contributed by atoms with van der Waals surface area (Å²) < 4.78 is 1.20. The molecule has 0 saturated carbocycles. The molecule has 0 unspecified atom stereocenters. The molecule has 0 amide bonds. The Morgan fingerprint density at radius 2 is 1.50 bits per heavy atom. The van der Waals surface area contributed by atoms with Crippen LogP contribution in [-0.2, 0) is 0 Å². The summed E-state index contributed by atoms with van der Waals surface area (Å²) in [6.07, 6.45) is 0. The normalized spacial score (nSPS) is 7.50. The van der Waals surface area contributed by atoms with E-state index in [0.29, 0.717) is 0 Å². The topological polar surface area (TPSA) is 0 Å². The fourth-order valence-corrected chi connectivity index (χ4v) is 0.750. The first-order valence-corrected chi connectivity index (χ1v) is 2.97. The summed E-state index contributed by atoms with van der Waals surface area (Å²) in [5.41, 5.74) is 0. The zero-order valence-corrected chi connectivity index (χ0v) is 10.7. The molecule has 42 valence electrons. The van der Waals surface area contributed by atoms with E-state index in [1.807, 2.05) is 30.3 Å². The summed E-state index contributed by atoms with van der Waals surface area (Å²) in [5, 5.41) is 0. The van der Waals surface area contributed by atoms with E-state index >= 15 is 0 Å². The summed E-state index contributed by atoms with van der Waals surface area (Å²) in [5.74, 6) is 0. The maximum atomic E-state index is 2.90. The molecule has 0 aromatic heterocycles. The van der Waals surface area contributed by atoms with E-state index in [4.69, 9.17) is 0 Å². The Bertz CT molecular complexity index is 138. The van der Waals surface area contributed by atoms with E-state index in [0.717, 1.165) is 0 Å². The molecule has 0 spiro atoms. The Hall–Kier alpha value is 0.282. The van der Waals surface area contributed by atoms with Crippen molar-refractivity contribution < 1.29 is 0 Å². The van der Waals surface area contributed by atoms with Gasteiger partial charge in [0.1, 0.15) is 0 Å². The van der Waals surface area contributed by atoms with Gasteiger partial charge in [-0.25, -0.2) is 0 Å². The standard InChI is InChI=1S/C6H5Se.GeH3/c7-6-4-2-1-3-5-6;/h1-5H;1H3. The number of hydrogen-bond acceptors (Lipinski definition) is 0. The quantitative estimate of drug-likeness (QED) is 0.518. The van der Waals surface area contributed by atoms with Crippen LogP contribution in [0.15, 0.2) is 30.3 Å². The van der Waals surface area contributed by atoms with E-state index < -0.39 is 0 Å². The third kappa shape index (κ3) is 2.56. The predicted molar refractivity (Wildman–Crippen MR) is 41.8 cm³/mol. The molecular formula is C6H8GeSe. The van der Waals surface area contributed by atoms with Crippen LogP contribution in [0.2, 0.25) is 0 Å². The van der Waals surface area contributed by atoms with Gasteiger partial charge in [-0.3, -0.25) is 0 Å². The molecule has 1 aromatic rings. The Kier molecular flexibility index (Phi) is 4.34. The molecule has 2 radical (unpaired) electrons. The van der Waals surface area contributed by atoms with Crippen LogP contribution in [0, 0.1) is 0 Å². The van der Waals surface area contributed by atoms with Crippen LogP contribution in [-0.4, -0.2) is 33.6 Å². The zero-order valence-electron chi connectivity index (χ0n) is 4.79. The van der Waals surface area contributed by atoms with E-state index in [2.05, 4.69) is 16.0 Å². The number of rotatable bonds is 0. The van der Waals surface area contributed by atoms with Crippen LogP contribution in [0.25, 0.3) is 0 Å². The minimum atomic E-state index is 0. The van der Waals surface area contributed by atoms with Gasteiger partial charge in [-0.2, -0.15) is 0 Å². The Labute approximate surface area is 68.5 Å². The minimum absolute atomic E-state index is 0. The third-order valence-corrected chi connectivity index (χ3v) is 1.31. The van der Waals surface area contributed by atoms with Crippen molar-refractivity contribution >= 4 is 38.1 Å². The van der Waals surface area contributed by atoms with Gasteiger partial charge in [-0.05, 0) is 0 Å². The summed E-state index contributed by atoms with van der Waals surface area (Å²) in [6.45, 7) is 0. The van der Waals surface area contributed by atoms with Gasteiger partial charge in [-0.15, -0.1) is 0 Å². The molecule has 8 heavy (non-hydrogen) atoms. The van der Waals surface area contributed by atoms with Crippen molar-refractivity contribution in [3.05, 3.63) is 30.3 Å². The molecule has 2 heteroatoms. The van der Waals surface area contributed by atoms with Gasteiger partial charge in [0.2, 0.25) is 0 Å². The average Bonchev–Trinajstić information content (AvgIpc) is 1.69. The van der Waals surface area contributed by atoms with Crippen LogP contribution >= 0.6 is 0 Å². The van der Waals surface area contributed by atoms with Crippen molar-refractivity contribution in [3.63, 3.8) is 0 Å². The van der Waals surface area contributed by atoms with Crippen LogP contribution in [0.1, 0.15) is 0 Å². The van der Waals surface area contributed by atoms with Gasteiger partial charge >= 0.3 is 68.4 Å². The summed E-state index contributed by atoms with van der Waals surface area (Å²) in [4.78, 5) is 0. The first kappa shape index (κ1) is 8.28. The number of benzene rings is 1. The van der Waals surface area contributed by atoms with Crippen LogP contribution in [0.5, 0.6) is 0 Å². The van der Waals surface area contributed by atoms with Crippen molar-refractivity contribution in [2.24, 2.45) is 0 Å². The van der Waals surface area contributed by atoms with Crippen LogP contribution < -0.4 is 4.46 Å². The summed E-state index contributed by atoms with van der Waals surface area (Å²) >= 11 is 2.90. The van der Waals surface area contributed by atoms with Crippen molar-refractivity contribution in [2.75, 3.05) is 0 Å². The molecule has 0 atom stereocenters. The molecule has 0 bridgehead atoms. The van der Waals surface area contributed by atoms with E-state index in [-0.39, 0.29) is 17.6 Å². The zero-order chi connectivity index (χ0) is 5.11. The fourth-order valence-electron chi connectivity index (χ4n) is 0.420. The van der Waals surface area contributed by atoms with Gasteiger partial charge in [0.15, 0.2) is 0 Å². The van der Waals surface area contributed by atoms with Gasteiger partial charge in [0, 0.05) is 0 Å². The first-order chi connectivity index (χ1) is 3.39. The van der Waals surface area contributed by atoms with Crippen LogP contribution in [0.3, 0.4) is 0 Å². The monoisotopic (exact) mass is 234 g/mol. The molecule has 0 heterocycles. The van der Waals surface area contributed by atoms with Gasteiger partial charge in [-0.1, -0.05) is 0 Å². The molecule has 0 N–H and O–H groups in total. The molecule has 1 aromatic carbocycles. The van der Waals surface area contributed by atoms with Gasteiger partial charge in [0.05, 0.1) is 0 Å². The SMILES string of the molecule is [GeH3].[Se]c1ccccc1. The van der Waals surface area contributed by atoms with Gasteiger partial charge < -0.3 is 0 Å². The average molecular weight is 232 g/mol. The van der Waals surface area contributed by atoms with E-state index in [1.54, 1.807) is 0 Å². The number of hydrogen-bond donors (Lipinski definition) is 0. The van der Waals surface area contributed by atoms with Crippen molar-refractivity contribution in [2.45, 2.75) is 0 Å². The molecule has 0 aliphatic carbocycles. The maximum absolute atomic E-state index is 2.90. The molecule has 0 fully saturated rings. The second-order valence-corrected chi connectivity index (χ2v) is 2.30. The summed E-state index contributed by atoms with van der Waals surface area (Å²) in [6, 6.07) is 10.1. The van der Waals surface area contributed by atoms with Crippen molar-refractivity contribution in [1.82, 2.24) is 0 Å². The molecule has 0 aliphatic heterocycles. The molecule has 0 aliphatic rings. The Balaban J connectivity index is 0.000000490. The summed E-state index contributed by atoms with van der Waals surface area (Å²) in [7, 11) is 0. The fraction of sp³-hybridized carbons (Fsp3) is 0. The molecule has 0 nitrogen and oxygen atoms in total. The molecular weight excluding hydrogens is 224 g/mol. The molecule has 1 rings (SSSR count). The van der Waals surface area contributed by atoms with Crippen LogP contribution in [0.4, 0.5) is 0 Å². The first-order valence-electron chi connectivity index (χ1n) is 2.11. The predicted octanol–water partition coefficient (Wildman–Crippen LogP) is -0.704. The van der Waals surface area contributed by atoms with Crippen molar-refractivity contribution in [3.8, 4) is 0 Å². The van der Waals surface area contributed by atoms with Gasteiger partial charge in [0.25, 0.3) is 0 Å². The second-order valence-electron chi connectivity index (χ2n) is 1.31.